The van der Waals surface area contributed by atoms with Gasteiger partial charge in [-0.3, -0.25) is 0 Å². The number of hydrogen-bond donors (Lipinski definition) is 1. The van der Waals surface area contributed by atoms with Crippen LogP contribution in [0.2, 0.25) is 0 Å². The molecule has 0 saturated heterocycles. The van der Waals surface area contributed by atoms with Gasteiger partial charge in [-0.1, -0.05) is 23.1 Å². The van der Waals surface area contributed by atoms with Crippen molar-refractivity contribution >= 4 is 23.1 Å². The molecular weight excluding hydrogens is 202 g/mol. The third kappa shape index (κ3) is 4.59. The van der Waals surface area contributed by atoms with Crippen molar-refractivity contribution in [2.45, 2.75) is 30.1 Å². The van der Waals surface area contributed by atoms with Gasteiger partial charge in [0.25, 0.3) is 0 Å². The number of nitrogens with zero attached hydrogens (tertiary/aromatic N) is 2. The summed E-state index contributed by atoms with van der Waals surface area (Å²) >= 11 is 3.41. The minimum atomic E-state index is 0.620. The molecule has 0 saturated carbocycles. The van der Waals surface area contributed by atoms with E-state index in [4.69, 9.17) is 0 Å². The molecule has 1 atom stereocenters. The van der Waals surface area contributed by atoms with Crippen LogP contribution in [0.4, 0.5) is 0 Å². The zero-order chi connectivity index (χ0) is 9.52. The van der Waals surface area contributed by atoms with Gasteiger partial charge in [-0.2, -0.15) is 0 Å². The van der Waals surface area contributed by atoms with Gasteiger partial charge in [-0.15, -0.1) is 10.2 Å². The molecule has 13 heavy (non-hydrogen) atoms. The summed E-state index contributed by atoms with van der Waals surface area (Å²) in [7, 11) is 2.00. The van der Waals surface area contributed by atoms with Crippen LogP contribution in [0.15, 0.2) is 9.85 Å². The quantitative estimate of drug-likeness (QED) is 0.584. The van der Waals surface area contributed by atoms with Crippen molar-refractivity contribution in [3.63, 3.8) is 0 Å². The molecule has 0 bridgehead atoms. The molecule has 0 aliphatic carbocycles. The molecule has 0 spiro atoms. The molecule has 0 amide bonds. The molecule has 0 aliphatic rings. The summed E-state index contributed by atoms with van der Waals surface area (Å²) in [5.74, 6) is 1.14. The summed E-state index contributed by atoms with van der Waals surface area (Å²) in [6, 6.07) is 0.620. The Morgan fingerprint density at radius 3 is 3.15 bits per heavy atom. The van der Waals surface area contributed by atoms with Crippen LogP contribution in [0.1, 0.15) is 19.8 Å². The molecule has 0 radical (unpaired) electrons. The van der Waals surface area contributed by atoms with Gasteiger partial charge >= 0.3 is 0 Å². The van der Waals surface area contributed by atoms with Crippen LogP contribution < -0.4 is 5.32 Å². The van der Waals surface area contributed by atoms with Gasteiger partial charge < -0.3 is 5.32 Å². The Hall–Kier alpha value is -0.130. The van der Waals surface area contributed by atoms with Crippen LogP contribution in [-0.2, 0) is 0 Å². The first-order valence-corrected chi connectivity index (χ1v) is 6.25. The molecule has 74 valence electrons. The van der Waals surface area contributed by atoms with Crippen molar-refractivity contribution in [2.75, 3.05) is 12.8 Å². The molecule has 1 unspecified atom stereocenters. The number of hydrogen-bond acceptors (Lipinski definition) is 5. The molecule has 0 fully saturated rings. The van der Waals surface area contributed by atoms with Gasteiger partial charge in [-0.05, 0) is 26.8 Å². The summed E-state index contributed by atoms with van der Waals surface area (Å²) < 4.78 is 1.08. The van der Waals surface area contributed by atoms with Gasteiger partial charge in [0.1, 0.15) is 5.51 Å². The predicted octanol–water partition coefficient (Wildman–Crippen LogP) is 2.02. The van der Waals surface area contributed by atoms with E-state index in [1.807, 2.05) is 7.05 Å². The molecule has 1 N–H and O–H groups in total. The molecule has 0 aromatic carbocycles. The van der Waals surface area contributed by atoms with E-state index in [0.29, 0.717) is 6.04 Å². The molecule has 1 heterocycles. The average Bonchev–Trinajstić information content (AvgIpc) is 2.64. The number of thioether (sulfide) groups is 1. The maximum atomic E-state index is 3.97. The van der Waals surface area contributed by atoms with E-state index in [2.05, 4.69) is 22.4 Å². The maximum absolute atomic E-state index is 3.97. The molecule has 0 aliphatic heterocycles. The topological polar surface area (TPSA) is 37.8 Å². The lowest BCUT2D eigenvalue weighted by atomic mass is 10.2. The highest BCUT2D eigenvalue weighted by Gasteiger charge is 2.00. The van der Waals surface area contributed by atoms with Crippen LogP contribution in [-0.4, -0.2) is 29.0 Å². The molecular formula is C8H15N3S2. The summed E-state index contributed by atoms with van der Waals surface area (Å²) in [5, 5.41) is 11.0. The fourth-order valence-electron chi connectivity index (χ4n) is 0.919. The van der Waals surface area contributed by atoms with Crippen molar-refractivity contribution in [1.82, 2.24) is 15.5 Å². The standard InChI is InChI=1S/C8H15N3S2/c1-7(9-2)4-3-5-12-8-11-10-6-13-8/h6-7,9H,3-5H2,1-2H3. The molecule has 3 nitrogen and oxygen atoms in total. The van der Waals surface area contributed by atoms with E-state index in [9.17, 15) is 0 Å². The van der Waals surface area contributed by atoms with Crippen molar-refractivity contribution < 1.29 is 0 Å². The van der Waals surface area contributed by atoms with E-state index < -0.39 is 0 Å². The SMILES string of the molecule is CNC(C)CCCSc1nncs1. The average molecular weight is 217 g/mol. The highest BCUT2D eigenvalue weighted by atomic mass is 32.2. The van der Waals surface area contributed by atoms with Gasteiger partial charge in [0, 0.05) is 11.8 Å². The highest BCUT2D eigenvalue weighted by molar-refractivity contribution is 8.00. The molecule has 5 heteroatoms. The Bertz CT molecular complexity index is 213. The summed E-state index contributed by atoms with van der Waals surface area (Å²) in [5.41, 5.74) is 1.78. The van der Waals surface area contributed by atoms with Crippen LogP contribution in [0.5, 0.6) is 0 Å². The van der Waals surface area contributed by atoms with E-state index in [1.54, 1.807) is 28.6 Å². The Kier molecular flexibility index (Phi) is 5.34. The van der Waals surface area contributed by atoms with Gasteiger partial charge in [0.2, 0.25) is 0 Å². The molecule has 1 rings (SSSR count). The first-order chi connectivity index (χ1) is 6.33. The summed E-state index contributed by atoms with van der Waals surface area (Å²) in [6.45, 7) is 2.20. The number of nitrogens with one attached hydrogen (secondary N) is 1. The molecule has 1 aromatic heterocycles. The van der Waals surface area contributed by atoms with Crippen LogP contribution in [0, 0.1) is 0 Å². The fourth-order valence-corrected chi connectivity index (χ4v) is 2.44. The van der Waals surface area contributed by atoms with Crippen LogP contribution in [0.3, 0.4) is 0 Å². The Labute approximate surface area is 87.3 Å². The molecule has 1 aromatic rings. The van der Waals surface area contributed by atoms with Crippen molar-refractivity contribution in [3.8, 4) is 0 Å². The monoisotopic (exact) mass is 217 g/mol. The number of rotatable bonds is 6. The van der Waals surface area contributed by atoms with Crippen molar-refractivity contribution in [3.05, 3.63) is 5.51 Å². The third-order valence-corrected chi connectivity index (χ3v) is 3.79. The van der Waals surface area contributed by atoms with E-state index >= 15 is 0 Å². The zero-order valence-electron chi connectivity index (χ0n) is 7.99. The normalized spacial score (nSPS) is 13.1. The Balaban J connectivity index is 2.02. The van der Waals surface area contributed by atoms with Crippen molar-refractivity contribution in [2.24, 2.45) is 0 Å². The number of aromatic nitrogens is 2. The highest BCUT2D eigenvalue weighted by Crippen LogP contribution is 2.20. The second-order valence-corrected chi connectivity index (χ2v) is 5.06. The second kappa shape index (κ2) is 6.34. The lowest BCUT2D eigenvalue weighted by Crippen LogP contribution is -2.20. The lowest BCUT2D eigenvalue weighted by molar-refractivity contribution is 0.559. The first kappa shape index (κ1) is 10.9. The Morgan fingerprint density at radius 1 is 1.69 bits per heavy atom. The van der Waals surface area contributed by atoms with Crippen molar-refractivity contribution in [1.29, 1.82) is 0 Å². The van der Waals surface area contributed by atoms with Crippen LogP contribution >= 0.6 is 23.1 Å². The fraction of sp³-hybridized carbons (Fsp3) is 0.750. The smallest absolute Gasteiger partial charge is 0.174 e. The zero-order valence-corrected chi connectivity index (χ0v) is 9.62. The van der Waals surface area contributed by atoms with Gasteiger partial charge in [0.05, 0.1) is 0 Å². The third-order valence-electron chi connectivity index (χ3n) is 1.84. The first-order valence-electron chi connectivity index (χ1n) is 4.39. The minimum Gasteiger partial charge on any atom is -0.317 e. The van der Waals surface area contributed by atoms with E-state index in [-0.39, 0.29) is 0 Å². The summed E-state index contributed by atoms with van der Waals surface area (Å²) in [4.78, 5) is 0. The van der Waals surface area contributed by atoms with Gasteiger partial charge in [0.15, 0.2) is 4.34 Å². The minimum absolute atomic E-state index is 0.620. The largest absolute Gasteiger partial charge is 0.317 e. The summed E-state index contributed by atoms with van der Waals surface area (Å²) in [6.07, 6.45) is 2.45. The van der Waals surface area contributed by atoms with E-state index in [0.717, 1.165) is 10.1 Å². The maximum Gasteiger partial charge on any atom is 0.174 e. The Morgan fingerprint density at radius 2 is 2.54 bits per heavy atom. The van der Waals surface area contributed by atoms with Crippen LogP contribution in [0.25, 0.3) is 0 Å². The second-order valence-electron chi connectivity index (χ2n) is 2.89. The van der Waals surface area contributed by atoms with Gasteiger partial charge in [-0.25, -0.2) is 0 Å². The lowest BCUT2D eigenvalue weighted by Gasteiger charge is -2.07. The van der Waals surface area contributed by atoms with E-state index in [1.165, 1.54) is 12.8 Å². The predicted molar refractivity (Wildman–Crippen MR) is 58.4 cm³/mol.